The number of alkyl halides is 3. The van der Waals surface area contributed by atoms with E-state index in [0.717, 1.165) is 11.6 Å². The van der Waals surface area contributed by atoms with Crippen molar-refractivity contribution in [1.29, 1.82) is 0 Å². The van der Waals surface area contributed by atoms with Crippen LogP contribution in [-0.4, -0.2) is 12.3 Å². The minimum Gasteiger partial charge on any atom is -0.391 e. The second kappa shape index (κ2) is 8.72. The maximum atomic E-state index is 13.2. The van der Waals surface area contributed by atoms with E-state index in [9.17, 15) is 13.2 Å². The van der Waals surface area contributed by atoms with Crippen LogP contribution in [0.1, 0.15) is 30.0 Å². The summed E-state index contributed by atoms with van der Waals surface area (Å²) in [5.74, 6) is 0. The Kier molecular flexibility index (Phi) is 6.65. The van der Waals surface area contributed by atoms with E-state index >= 15 is 0 Å². The highest BCUT2D eigenvalue weighted by molar-refractivity contribution is 6.31. The van der Waals surface area contributed by atoms with Crippen LogP contribution in [0.3, 0.4) is 0 Å². The lowest BCUT2D eigenvalue weighted by molar-refractivity contribution is -0.137. The monoisotopic (exact) mass is 367 g/mol. The predicted molar refractivity (Wildman–Crippen MR) is 94.7 cm³/mol. The molecule has 0 aliphatic rings. The van der Waals surface area contributed by atoms with E-state index in [1.165, 1.54) is 12.1 Å². The molecule has 2 nitrogen and oxygen atoms in total. The lowest BCUT2D eigenvalue weighted by Gasteiger charge is -2.14. The van der Waals surface area contributed by atoms with Gasteiger partial charge in [-0.3, -0.25) is 0 Å². The van der Waals surface area contributed by atoms with E-state index in [1.807, 2.05) is 36.4 Å². The molecule has 2 aromatic rings. The van der Waals surface area contributed by atoms with Gasteiger partial charge in [0.1, 0.15) is 6.61 Å². The molecule has 0 spiro atoms. The second-order valence-corrected chi connectivity index (χ2v) is 5.62. The van der Waals surface area contributed by atoms with Crippen LogP contribution < -0.4 is 0 Å². The minimum atomic E-state index is -4.48. The maximum Gasteiger partial charge on any atom is 0.417 e. The third kappa shape index (κ3) is 5.64. The predicted octanol–water partition coefficient (Wildman–Crippen LogP) is 6.20. The van der Waals surface area contributed by atoms with Crippen LogP contribution in [0.2, 0.25) is 5.02 Å². The van der Waals surface area contributed by atoms with Crippen LogP contribution in [0.4, 0.5) is 13.2 Å². The van der Waals surface area contributed by atoms with Gasteiger partial charge in [0, 0.05) is 10.6 Å². The molecule has 132 valence electrons. The molecule has 0 N–H and O–H groups in total. The summed E-state index contributed by atoms with van der Waals surface area (Å²) in [6, 6.07) is 13.0. The Balaban J connectivity index is 2.13. The first-order valence-corrected chi connectivity index (χ1v) is 8.07. The number of hydrogen-bond donors (Lipinski definition) is 0. The summed E-state index contributed by atoms with van der Waals surface area (Å²) >= 11 is 5.85. The minimum absolute atomic E-state index is 0.0606. The Bertz CT molecular complexity index is 755. The van der Waals surface area contributed by atoms with Crippen LogP contribution in [-0.2, 0) is 11.0 Å². The summed E-state index contributed by atoms with van der Waals surface area (Å²) in [4.78, 5) is 5.16. The number of nitrogens with zero attached hydrogens (tertiary/aromatic N) is 1. The van der Waals surface area contributed by atoms with Gasteiger partial charge >= 0.3 is 6.18 Å². The molecule has 0 bridgehead atoms. The molecule has 0 fully saturated rings. The van der Waals surface area contributed by atoms with E-state index in [1.54, 1.807) is 13.0 Å². The molecular formula is C19H17ClF3NO. The molecule has 0 saturated heterocycles. The fraction of sp³-hybridized carbons (Fsp3) is 0.211. The molecular weight excluding hydrogens is 351 g/mol. The highest BCUT2D eigenvalue weighted by atomic mass is 35.5. The van der Waals surface area contributed by atoms with Gasteiger partial charge < -0.3 is 4.84 Å². The Morgan fingerprint density at radius 3 is 2.52 bits per heavy atom. The highest BCUT2D eigenvalue weighted by Crippen LogP contribution is 2.34. The molecule has 25 heavy (non-hydrogen) atoms. The van der Waals surface area contributed by atoms with E-state index in [2.05, 4.69) is 5.16 Å². The topological polar surface area (TPSA) is 21.6 Å². The van der Waals surface area contributed by atoms with Crippen molar-refractivity contribution in [3.8, 4) is 0 Å². The van der Waals surface area contributed by atoms with Gasteiger partial charge in [-0.05, 0) is 36.3 Å². The first-order valence-electron chi connectivity index (χ1n) is 7.69. The fourth-order valence-electron chi connectivity index (χ4n) is 2.21. The number of benzene rings is 2. The number of oxime groups is 1. The molecule has 0 atom stereocenters. The summed E-state index contributed by atoms with van der Waals surface area (Å²) in [5.41, 5.74) is 0.360. The van der Waals surface area contributed by atoms with Crippen molar-refractivity contribution >= 4 is 23.4 Å². The molecule has 2 aromatic carbocycles. The normalized spacial score (nSPS) is 12.6. The average molecular weight is 368 g/mol. The van der Waals surface area contributed by atoms with E-state index < -0.39 is 11.7 Å². The van der Waals surface area contributed by atoms with Crippen molar-refractivity contribution < 1.29 is 18.0 Å². The molecule has 0 radical (unpaired) electrons. The molecule has 2 rings (SSSR count). The van der Waals surface area contributed by atoms with Crippen LogP contribution in [0.15, 0.2) is 59.8 Å². The van der Waals surface area contributed by atoms with Crippen molar-refractivity contribution in [3.63, 3.8) is 0 Å². The summed E-state index contributed by atoms with van der Waals surface area (Å²) < 4.78 is 39.5. The van der Waals surface area contributed by atoms with Gasteiger partial charge in [0.05, 0.1) is 11.3 Å². The molecule has 0 unspecified atom stereocenters. The van der Waals surface area contributed by atoms with Gasteiger partial charge in [-0.1, -0.05) is 60.1 Å². The largest absolute Gasteiger partial charge is 0.417 e. The maximum absolute atomic E-state index is 13.2. The zero-order valence-corrected chi connectivity index (χ0v) is 14.3. The van der Waals surface area contributed by atoms with Crippen molar-refractivity contribution in [3.05, 3.63) is 76.3 Å². The summed E-state index contributed by atoms with van der Waals surface area (Å²) in [6.07, 6.45) is -0.606. The van der Waals surface area contributed by atoms with Crippen LogP contribution >= 0.6 is 11.6 Å². The van der Waals surface area contributed by atoms with Gasteiger partial charge in [-0.25, -0.2) is 0 Å². The van der Waals surface area contributed by atoms with E-state index in [4.69, 9.17) is 16.4 Å². The van der Waals surface area contributed by atoms with E-state index in [-0.39, 0.29) is 29.3 Å². The third-order valence-electron chi connectivity index (χ3n) is 3.39. The summed E-state index contributed by atoms with van der Waals surface area (Å²) in [7, 11) is 0. The van der Waals surface area contributed by atoms with Gasteiger partial charge in [0.25, 0.3) is 0 Å². The molecule has 6 heteroatoms. The van der Waals surface area contributed by atoms with Crippen LogP contribution in [0.5, 0.6) is 0 Å². The number of halogens is 4. The quantitative estimate of drug-likeness (QED) is 0.338. The summed E-state index contributed by atoms with van der Waals surface area (Å²) in [5, 5.41) is 4.08. The Hall–Kier alpha value is -2.27. The first kappa shape index (κ1) is 19.1. The zero-order valence-electron chi connectivity index (χ0n) is 13.6. The number of hydrogen-bond acceptors (Lipinski definition) is 2. The molecule has 0 aliphatic carbocycles. The smallest absolute Gasteiger partial charge is 0.391 e. The van der Waals surface area contributed by atoms with Gasteiger partial charge in [-0.2, -0.15) is 13.2 Å². The highest BCUT2D eigenvalue weighted by Gasteiger charge is 2.34. The molecule has 0 heterocycles. The van der Waals surface area contributed by atoms with Crippen molar-refractivity contribution in [1.82, 2.24) is 0 Å². The molecule has 0 aliphatic heterocycles. The zero-order chi connectivity index (χ0) is 18.3. The Labute approximate surface area is 149 Å². The molecule has 0 saturated carbocycles. The standard InChI is InChI=1S/C19H17ClF3NO/c1-2-18(16-13-15(20)10-11-17(16)19(21,22)23)24-25-12-6-9-14-7-4-3-5-8-14/h3-11,13H,2,12H2,1H3/b9-6+,24-18+. The number of rotatable bonds is 6. The molecule has 0 aromatic heterocycles. The van der Waals surface area contributed by atoms with Crippen molar-refractivity contribution in [2.24, 2.45) is 5.16 Å². The fourth-order valence-corrected chi connectivity index (χ4v) is 2.39. The lowest BCUT2D eigenvalue weighted by Crippen LogP contribution is -2.13. The summed E-state index contributed by atoms with van der Waals surface area (Å²) in [6.45, 7) is 1.86. The van der Waals surface area contributed by atoms with Gasteiger partial charge in [0.2, 0.25) is 0 Å². The van der Waals surface area contributed by atoms with Gasteiger partial charge in [-0.15, -0.1) is 0 Å². The second-order valence-electron chi connectivity index (χ2n) is 5.19. The third-order valence-corrected chi connectivity index (χ3v) is 3.62. The Morgan fingerprint density at radius 2 is 1.88 bits per heavy atom. The first-order chi connectivity index (χ1) is 11.9. The lowest BCUT2D eigenvalue weighted by atomic mass is 10.0. The van der Waals surface area contributed by atoms with E-state index in [0.29, 0.717) is 0 Å². The van der Waals surface area contributed by atoms with Crippen molar-refractivity contribution in [2.75, 3.05) is 6.61 Å². The SMILES string of the molecule is CC/C(=N\OC/C=C/c1ccccc1)c1cc(Cl)ccc1C(F)(F)F. The Morgan fingerprint density at radius 1 is 1.16 bits per heavy atom. The average Bonchev–Trinajstić information content (AvgIpc) is 2.58. The van der Waals surface area contributed by atoms with Crippen LogP contribution in [0, 0.1) is 0 Å². The molecule has 0 amide bonds. The van der Waals surface area contributed by atoms with Crippen molar-refractivity contribution in [2.45, 2.75) is 19.5 Å². The van der Waals surface area contributed by atoms with Crippen LogP contribution in [0.25, 0.3) is 6.08 Å². The van der Waals surface area contributed by atoms with Gasteiger partial charge in [0.15, 0.2) is 0 Å².